The monoisotopic (exact) mass is 165 g/mol. The molecule has 0 spiro atoms. The van der Waals surface area contributed by atoms with Crippen LogP contribution in [0.5, 0.6) is 0 Å². The van der Waals surface area contributed by atoms with E-state index in [0.29, 0.717) is 6.61 Å². The predicted octanol–water partition coefficient (Wildman–Crippen LogP) is 1.97. The molecule has 0 aromatic carbocycles. The lowest BCUT2D eigenvalue weighted by Gasteiger charge is -2.25. The van der Waals surface area contributed by atoms with Crippen molar-refractivity contribution in [3.8, 4) is 0 Å². The number of nitrogens with two attached hydrogens (primary N) is 1. The Morgan fingerprint density at radius 2 is 1.90 bits per heavy atom. The fourth-order valence-electron chi connectivity index (χ4n) is 0.385. The van der Waals surface area contributed by atoms with Crippen LogP contribution in [-0.2, 0) is 9.09 Å². The second kappa shape index (κ2) is 3.04. The van der Waals surface area contributed by atoms with Gasteiger partial charge in [-0.15, -0.1) is 0 Å². The average Bonchev–Trinajstić information content (AvgIpc) is 1.61. The van der Waals surface area contributed by atoms with Gasteiger partial charge >= 0.3 is 0 Å². The molecule has 0 saturated carbocycles. The molecule has 0 aliphatic carbocycles. The highest BCUT2D eigenvalue weighted by Gasteiger charge is 2.33. The maximum atomic E-state index is 11.4. The first-order valence-electron chi connectivity index (χ1n) is 3.34. The highest BCUT2D eigenvalue weighted by Crippen LogP contribution is 2.51. The standard InChI is InChI=1S/C6H16NO2P/c1-5-9-10(7,8)6(2,3)4/h5H2,1-4H3,(H2,7,8). The van der Waals surface area contributed by atoms with Crippen LogP contribution in [0.25, 0.3) is 0 Å². The van der Waals surface area contributed by atoms with Crippen LogP contribution in [0.1, 0.15) is 27.7 Å². The van der Waals surface area contributed by atoms with Crippen molar-refractivity contribution >= 4 is 7.52 Å². The number of hydrogen-bond donors (Lipinski definition) is 1. The molecule has 0 saturated heterocycles. The van der Waals surface area contributed by atoms with Gasteiger partial charge in [0.1, 0.15) is 0 Å². The van der Waals surface area contributed by atoms with E-state index in [1.807, 2.05) is 20.8 Å². The SMILES string of the molecule is CCOP(N)(=O)C(C)(C)C. The third-order valence-corrected chi connectivity index (χ3v) is 3.77. The van der Waals surface area contributed by atoms with Crippen molar-refractivity contribution in [2.75, 3.05) is 6.61 Å². The Morgan fingerprint density at radius 3 is 2.00 bits per heavy atom. The third kappa shape index (κ3) is 2.41. The first kappa shape index (κ1) is 10.2. The Kier molecular flexibility index (Phi) is 3.08. The van der Waals surface area contributed by atoms with Crippen LogP contribution in [-0.4, -0.2) is 11.8 Å². The molecule has 0 amide bonds. The Balaban J connectivity index is 4.26. The van der Waals surface area contributed by atoms with Crippen LogP contribution in [0, 0.1) is 0 Å². The molecule has 10 heavy (non-hydrogen) atoms. The molecule has 0 rings (SSSR count). The molecule has 0 aliphatic rings. The van der Waals surface area contributed by atoms with Gasteiger partial charge in [-0.2, -0.15) is 0 Å². The first-order valence-corrected chi connectivity index (χ1v) is 5.04. The summed E-state index contributed by atoms with van der Waals surface area (Å²) < 4.78 is 16.3. The Bertz CT molecular complexity index is 150. The molecular weight excluding hydrogens is 149 g/mol. The molecule has 0 aromatic heterocycles. The lowest BCUT2D eigenvalue weighted by molar-refractivity contribution is 0.317. The van der Waals surface area contributed by atoms with Crippen molar-refractivity contribution < 1.29 is 9.09 Å². The van der Waals surface area contributed by atoms with Crippen molar-refractivity contribution in [1.82, 2.24) is 0 Å². The molecule has 1 atom stereocenters. The first-order chi connectivity index (χ1) is 4.31. The Hall–Kier alpha value is 0.150. The summed E-state index contributed by atoms with van der Waals surface area (Å²) in [6, 6.07) is 0. The molecular formula is C6H16NO2P. The molecule has 2 N–H and O–H groups in total. The molecule has 1 unspecified atom stereocenters. The minimum Gasteiger partial charge on any atom is -0.318 e. The van der Waals surface area contributed by atoms with E-state index in [0.717, 1.165) is 0 Å². The van der Waals surface area contributed by atoms with Crippen molar-refractivity contribution in [1.29, 1.82) is 0 Å². The third-order valence-electron chi connectivity index (χ3n) is 1.26. The topological polar surface area (TPSA) is 52.3 Å². The second-order valence-electron chi connectivity index (χ2n) is 3.19. The highest BCUT2D eigenvalue weighted by atomic mass is 31.2. The zero-order chi connectivity index (χ0) is 8.41. The van der Waals surface area contributed by atoms with Gasteiger partial charge in [-0.25, -0.2) is 0 Å². The van der Waals surface area contributed by atoms with Crippen LogP contribution in [0.2, 0.25) is 0 Å². The van der Waals surface area contributed by atoms with Gasteiger partial charge in [0, 0.05) is 0 Å². The lowest BCUT2D eigenvalue weighted by Crippen LogP contribution is -2.22. The van der Waals surface area contributed by atoms with Crippen LogP contribution in [0.4, 0.5) is 0 Å². The van der Waals surface area contributed by atoms with E-state index in [9.17, 15) is 4.57 Å². The average molecular weight is 165 g/mol. The summed E-state index contributed by atoms with van der Waals surface area (Å²) in [6.45, 7) is 7.62. The lowest BCUT2D eigenvalue weighted by atomic mass is 10.3. The fraction of sp³-hybridized carbons (Fsp3) is 1.00. The molecule has 0 aliphatic heterocycles. The normalized spacial score (nSPS) is 18.5. The summed E-state index contributed by atoms with van der Waals surface area (Å²) in [5.74, 6) is 0. The summed E-state index contributed by atoms with van der Waals surface area (Å²) in [5.41, 5.74) is 5.44. The minimum atomic E-state index is -2.88. The molecule has 4 heteroatoms. The van der Waals surface area contributed by atoms with Crippen LogP contribution in [0.15, 0.2) is 0 Å². The Morgan fingerprint density at radius 1 is 1.50 bits per heavy atom. The van der Waals surface area contributed by atoms with Gasteiger partial charge in [-0.1, -0.05) is 0 Å². The highest BCUT2D eigenvalue weighted by molar-refractivity contribution is 7.58. The van der Waals surface area contributed by atoms with Gasteiger partial charge in [0.15, 0.2) is 0 Å². The van der Waals surface area contributed by atoms with Crippen LogP contribution >= 0.6 is 7.52 Å². The van der Waals surface area contributed by atoms with Crippen LogP contribution in [0.3, 0.4) is 0 Å². The molecule has 0 radical (unpaired) electrons. The predicted molar refractivity (Wildman–Crippen MR) is 43.2 cm³/mol. The van der Waals surface area contributed by atoms with Gasteiger partial charge in [0.2, 0.25) is 0 Å². The van der Waals surface area contributed by atoms with Crippen LogP contribution < -0.4 is 5.50 Å². The van der Waals surface area contributed by atoms with Crippen molar-refractivity contribution in [3.05, 3.63) is 0 Å². The van der Waals surface area contributed by atoms with Gasteiger partial charge in [-0.3, -0.25) is 10.1 Å². The summed E-state index contributed by atoms with van der Waals surface area (Å²) in [5, 5.41) is -0.441. The molecule has 0 heterocycles. The molecule has 0 bridgehead atoms. The fourth-order valence-corrected chi connectivity index (χ4v) is 1.16. The maximum Gasteiger partial charge on any atom is 0.272 e. The second-order valence-corrected chi connectivity index (χ2v) is 5.98. The van der Waals surface area contributed by atoms with Gasteiger partial charge in [0.25, 0.3) is 7.52 Å². The summed E-state index contributed by atoms with van der Waals surface area (Å²) in [6.07, 6.45) is 0. The zero-order valence-electron chi connectivity index (χ0n) is 7.05. The van der Waals surface area contributed by atoms with E-state index in [4.69, 9.17) is 10.0 Å². The summed E-state index contributed by atoms with van der Waals surface area (Å²) in [4.78, 5) is 0. The molecule has 0 fully saturated rings. The van der Waals surface area contributed by atoms with E-state index in [1.165, 1.54) is 0 Å². The van der Waals surface area contributed by atoms with E-state index >= 15 is 0 Å². The molecule has 62 valence electrons. The van der Waals surface area contributed by atoms with Crippen molar-refractivity contribution in [2.24, 2.45) is 5.50 Å². The van der Waals surface area contributed by atoms with Crippen molar-refractivity contribution in [3.63, 3.8) is 0 Å². The molecule has 3 nitrogen and oxygen atoms in total. The minimum absolute atomic E-state index is 0.408. The summed E-state index contributed by atoms with van der Waals surface area (Å²) >= 11 is 0. The summed E-state index contributed by atoms with van der Waals surface area (Å²) in [7, 11) is -2.88. The van der Waals surface area contributed by atoms with Gasteiger partial charge in [-0.05, 0) is 27.7 Å². The number of hydrogen-bond acceptors (Lipinski definition) is 2. The van der Waals surface area contributed by atoms with E-state index in [1.54, 1.807) is 6.92 Å². The quantitative estimate of drug-likeness (QED) is 0.636. The van der Waals surface area contributed by atoms with E-state index in [2.05, 4.69) is 0 Å². The molecule has 0 aromatic rings. The zero-order valence-corrected chi connectivity index (χ0v) is 7.94. The number of rotatable bonds is 2. The van der Waals surface area contributed by atoms with Gasteiger partial charge < -0.3 is 4.52 Å². The van der Waals surface area contributed by atoms with E-state index < -0.39 is 12.7 Å². The largest absolute Gasteiger partial charge is 0.318 e. The van der Waals surface area contributed by atoms with Crippen molar-refractivity contribution in [2.45, 2.75) is 32.9 Å². The van der Waals surface area contributed by atoms with E-state index in [-0.39, 0.29) is 0 Å². The smallest absolute Gasteiger partial charge is 0.272 e. The van der Waals surface area contributed by atoms with Gasteiger partial charge in [0.05, 0.1) is 11.8 Å². The Labute approximate surface area is 62.4 Å². The maximum absolute atomic E-state index is 11.4.